The highest BCUT2D eigenvalue weighted by atomic mass is 16.5. The van der Waals surface area contributed by atoms with Crippen LogP contribution in [0.1, 0.15) is 24.1 Å². The molecule has 0 spiro atoms. The number of rotatable bonds is 1. The number of nitrogens with one attached hydrogen (secondary N) is 1. The summed E-state index contributed by atoms with van der Waals surface area (Å²) in [5.41, 5.74) is 2.13. The molecular formula is C16H15NO2. The predicted octanol–water partition coefficient (Wildman–Crippen LogP) is 3.21. The number of fused-ring (bicyclic) bond motifs is 2. The Morgan fingerprint density at radius 1 is 1.11 bits per heavy atom. The summed E-state index contributed by atoms with van der Waals surface area (Å²) in [6.07, 6.45) is 0.743. The minimum atomic E-state index is -0.0441. The maximum atomic E-state index is 11.4. The molecule has 0 radical (unpaired) electrons. The van der Waals surface area contributed by atoms with Gasteiger partial charge < -0.3 is 10.1 Å². The number of ether oxygens (including phenoxy) is 1. The van der Waals surface area contributed by atoms with Crippen molar-refractivity contribution < 1.29 is 9.53 Å². The van der Waals surface area contributed by atoms with Gasteiger partial charge in [0.25, 0.3) is 0 Å². The van der Waals surface area contributed by atoms with E-state index in [2.05, 4.69) is 5.32 Å². The van der Waals surface area contributed by atoms with Crippen LogP contribution >= 0.6 is 0 Å². The summed E-state index contributed by atoms with van der Waals surface area (Å²) in [5.74, 6) is 1.65. The molecule has 1 atom stereocenters. The van der Waals surface area contributed by atoms with Crippen LogP contribution in [0.5, 0.6) is 11.5 Å². The fourth-order valence-electron chi connectivity index (χ4n) is 2.46. The second kappa shape index (κ2) is 4.76. The summed E-state index contributed by atoms with van der Waals surface area (Å²) in [6, 6.07) is 15.7. The lowest BCUT2D eigenvalue weighted by Gasteiger charge is -2.17. The molecule has 3 heteroatoms. The van der Waals surface area contributed by atoms with E-state index < -0.39 is 0 Å². The first-order chi connectivity index (χ1) is 9.24. The normalized spacial score (nSPS) is 16.6. The van der Waals surface area contributed by atoms with Gasteiger partial charge in [-0.2, -0.15) is 0 Å². The monoisotopic (exact) mass is 253 g/mol. The van der Waals surface area contributed by atoms with Gasteiger partial charge in [0.15, 0.2) is 0 Å². The number of carbonyl (C=O) groups is 1. The molecule has 19 heavy (non-hydrogen) atoms. The molecule has 1 amide bonds. The molecule has 0 aliphatic carbocycles. The van der Waals surface area contributed by atoms with Crippen molar-refractivity contribution >= 4 is 5.91 Å². The van der Waals surface area contributed by atoms with Gasteiger partial charge in [0.1, 0.15) is 11.5 Å². The lowest BCUT2D eigenvalue weighted by atomic mass is 9.99. The molecular weight excluding hydrogens is 238 g/mol. The Kier molecular flexibility index (Phi) is 2.95. The van der Waals surface area contributed by atoms with E-state index in [1.54, 1.807) is 6.92 Å². The maximum absolute atomic E-state index is 11.4. The van der Waals surface area contributed by atoms with E-state index in [1.807, 2.05) is 48.5 Å². The summed E-state index contributed by atoms with van der Waals surface area (Å²) in [6.45, 7) is 1.54. The van der Waals surface area contributed by atoms with Crippen LogP contribution < -0.4 is 10.1 Å². The highest BCUT2D eigenvalue weighted by molar-refractivity contribution is 5.73. The molecule has 1 aliphatic heterocycles. The van der Waals surface area contributed by atoms with Gasteiger partial charge >= 0.3 is 0 Å². The lowest BCUT2D eigenvalue weighted by molar-refractivity contribution is -0.119. The molecule has 2 aromatic carbocycles. The van der Waals surface area contributed by atoms with Crippen molar-refractivity contribution in [1.29, 1.82) is 0 Å². The van der Waals surface area contributed by atoms with Gasteiger partial charge in [-0.15, -0.1) is 0 Å². The summed E-state index contributed by atoms with van der Waals surface area (Å²) in [4.78, 5) is 11.4. The first-order valence-corrected chi connectivity index (χ1v) is 6.36. The molecule has 0 saturated carbocycles. The first-order valence-electron chi connectivity index (χ1n) is 6.36. The molecule has 0 bridgehead atoms. The molecule has 2 aromatic rings. The second-order valence-corrected chi connectivity index (χ2v) is 4.70. The average molecular weight is 253 g/mol. The highest BCUT2D eigenvalue weighted by Gasteiger charge is 2.23. The smallest absolute Gasteiger partial charge is 0.217 e. The molecule has 1 N–H and O–H groups in total. The van der Waals surface area contributed by atoms with E-state index in [-0.39, 0.29) is 11.9 Å². The van der Waals surface area contributed by atoms with E-state index in [0.29, 0.717) is 0 Å². The minimum absolute atomic E-state index is 0.0285. The molecule has 96 valence electrons. The Bertz CT molecular complexity index is 622. The minimum Gasteiger partial charge on any atom is -0.457 e. The second-order valence-electron chi connectivity index (χ2n) is 4.70. The number of hydrogen-bond donors (Lipinski definition) is 1. The number of benzene rings is 2. The van der Waals surface area contributed by atoms with Crippen LogP contribution in [0.15, 0.2) is 48.5 Å². The Morgan fingerprint density at radius 2 is 1.79 bits per heavy atom. The van der Waals surface area contributed by atoms with Crippen molar-refractivity contribution in [3.63, 3.8) is 0 Å². The van der Waals surface area contributed by atoms with E-state index in [4.69, 9.17) is 4.74 Å². The van der Waals surface area contributed by atoms with Crippen molar-refractivity contribution in [3.8, 4) is 11.5 Å². The Morgan fingerprint density at radius 3 is 2.58 bits per heavy atom. The van der Waals surface area contributed by atoms with Crippen molar-refractivity contribution in [2.45, 2.75) is 19.4 Å². The molecule has 1 heterocycles. The van der Waals surface area contributed by atoms with Gasteiger partial charge in [-0.25, -0.2) is 0 Å². The van der Waals surface area contributed by atoms with Crippen molar-refractivity contribution in [1.82, 2.24) is 5.32 Å². The van der Waals surface area contributed by atoms with Gasteiger partial charge in [0.05, 0.1) is 6.04 Å². The zero-order valence-corrected chi connectivity index (χ0v) is 10.7. The molecule has 1 aliphatic rings. The van der Waals surface area contributed by atoms with Gasteiger partial charge in [-0.1, -0.05) is 36.4 Å². The standard InChI is InChI=1S/C16H15NO2/c1-11(18)17-14-10-12-6-2-4-8-15(12)19-16-9-5-3-7-13(14)16/h2-9,14H,10H2,1H3,(H,17,18). The molecule has 3 nitrogen and oxygen atoms in total. The average Bonchev–Trinajstić information content (AvgIpc) is 2.55. The number of hydrogen-bond acceptors (Lipinski definition) is 2. The van der Waals surface area contributed by atoms with E-state index >= 15 is 0 Å². The number of amides is 1. The topological polar surface area (TPSA) is 38.3 Å². The fourth-order valence-corrected chi connectivity index (χ4v) is 2.46. The van der Waals surface area contributed by atoms with Crippen molar-refractivity contribution in [3.05, 3.63) is 59.7 Å². The summed E-state index contributed by atoms with van der Waals surface area (Å²) >= 11 is 0. The van der Waals surface area contributed by atoms with E-state index in [0.717, 1.165) is 29.0 Å². The predicted molar refractivity (Wildman–Crippen MR) is 73.2 cm³/mol. The van der Waals surface area contributed by atoms with Crippen LogP contribution in [0.4, 0.5) is 0 Å². The van der Waals surface area contributed by atoms with Crippen LogP contribution in [-0.4, -0.2) is 5.91 Å². The van der Waals surface area contributed by atoms with Gasteiger partial charge in [0.2, 0.25) is 5.91 Å². The molecule has 0 fully saturated rings. The van der Waals surface area contributed by atoms with E-state index in [9.17, 15) is 4.79 Å². The molecule has 0 aromatic heterocycles. The summed E-state index contributed by atoms with van der Waals surface area (Å²) in [5, 5.41) is 3.00. The third kappa shape index (κ3) is 2.32. The van der Waals surface area contributed by atoms with Crippen molar-refractivity contribution in [2.75, 3.05) is 0 Å². The summed E-state index contributed by atoms with van der Waals surface area (Å²) < 4.78 is 5.96. The van der Waals surface area contributed by atoms with Crippen LogP contribution in [0.25, 0.3) is 0 Å². The maximum Gasteiger partial charge on any atom is 0.217 e. The molecule has 1 unspecified atom stereocenters. The molecule has 3 rings (SSSR count). The highest BCUT2D eigenvalue weighted by Crippen LogP contribution is 2.37. The van der Waals surface area contributed by atoms with Crippen LogP contribution in [0, 0.1) is 0 Å². The fraction of sp³-hybridized carbons (Fsp3) is 0.188. The number of carbonyl (C=O) groups excluding carboxylic acids is 1. The SMILES string of the molecule is CC(=O)NC1Cc2ccccc2Oc2ccccc21. The quantitative estimate of drug-likeness (QED) is 0.847. The summed E-state index contributed by atoms with van der Waals surface area (Å²) in [7, 11) is 0. The Hall–Kier alpha value is -2.29. The third-order valence-electron chi connectivity index (χ3n) is 3.29. The largest absolute Gasteiger partial charge is 0.457 e. The number of para-hydroxylation sites is 2. The Balaban J connectivity index is 2.08. The lowest BCUT2D eigenvalue weighted by Crippen LogP contribution is -2.27. The van der Waals surface area contributed by atoms with Gasteiger partial charge in [-0.05, 0) is 17.7 Å². The van der Waals surface area contributed by atoms with E-state index in [1.165, 1.54) is 0 Å². The first kappa shape index (κ1) is 11.8. The van der Waals surface area contributed by atoms with Gasteiger partial charge in [0, 0.05) is 18.9 Å². The van der Waals surface area contributed by atoms with Gasteiger partial charge in [-0.3, -0.25) is 4.79 Å². The van der Waals surface area contributed by atoms with Crippen molar-refractivity contribution in [2.24, 2.45) is 0 Å². The Labute approximate surface area is 112 Å². The molecule has 0 saturated heterocycles. The van der Waals surface area contributed by atoms with Crippen LogP contribution in [0.3, 0.4) is 0 Å². The van der Waals surface area contributed by atoms with Crippen LogP contribution in [0.2, 0.25) is 0 Å². The third-order valence-corrected chi connectivity index (χ3v) is 3.29. The zero-order chi connectivity index (χ0) is 13.2. The van der Waals surface area contributed by atoms with Crippen LogP contribution in [-0.2, 0) is 11.2 Å². The zero-order valence-electron chi connectivity index (χ0n) is 10.7.